The first-order valence-corrected chi connectivity index (χ1v) is 5.76. The maximum absolute atomic E-state index is 5.94. The molecule has 1 aromatic heterocycles. The average Bonchev–Trinajstić information content (AvgIpc) is 2.74. The SMILES string of the molecule is Nc1cc(Cl)cc2[nH]c(C3COCCO3)nc12. The third kappa shape index (κ3) is 1.97. The van der Waals surface area contributed by atoms with Crippen molar-refractivity contribution < 1.29 is 9.47 Å². The van der Waals surface area contributed by atoms with Crippen LogP contribution in [-0.4, -0.2) is 29.8 Å². The molecule has 1 saturated heterocycles. The summed E-state index contributed by atoms with van der Waals surface area (Å²) in [4.78, 5) is 7.60. The van der Waals surface area contributed by atoms with Gasteiger partial charge in [0.15, 0.2) is 0 Å². The zero-order valence-corrected chi connectivity index (χ0v) is 9.83. The van der Waals surface area contributed by atoms with E-state index in [1.807, 2.05) is 0 Å². The number of aromatic nitrogens is 2. The van der Waals surface area contributed by atoms with Crippen molar-refractivity contribution in [1.29, 1.82) is 0 Å². The molecule has 0 saturated carbocycles. The Kier molecular flexibility index (Phi) is 2.66. The number of anilines is 1. The van der Waals surface area contributed by atoms with Crippen molar-refractivity contribution in [2.45, 2.75) is 6.10 Å². The number of rotatable bonds is 1. The van der Waals surface area contributed by atoms with E-state index in [4.69, 9.17) is 26.8 Å². The number of hydrogen-bond acceptors (Lipinski definition) is 4. The number of H-pyrrole nitrogens is 1. The van der Waals surface area contributed by atoms with Crippen LogP contribution in [0.3, 0.4) is 0 Å². The van der Waals surface area contributed by atoms with Crippen LogP contribution in [0.25, 0.3) is 11.0 Å². The Bertz CT molecular complexity index is 549. The van der Waals surface area contributed by atoms with E-state index in [0.29, 0.717) is 30.5 Å². The molecule has 2 heterocycles. The first kappa shape index (κ1) is 10.8. The van der Waals surface area contributed by atoms with Crippen LogP contribution in [0.1, 0.15) is 11.9 Å². The van der Waals surface area contributed by atoms with Crippen LogP contribution in [-0.2, 0) is 9.47 Å². The van der Waals surface area contributed by atoms with Crippen molar-refractivity contribution in [3.63, 3.8) is 0 Å². The normalized spacial score (nSPS) is 20.9. The lowest BCUT2D eigenvalue weighted by Crippen LogP contribution is -2.22. The smallest absolute Gasteiger partial charge is 0.139 e. The van der Waals surface area contributed by atoms with E-state index in [9.17, 15) is 0 Å². The quantitative estimate of drug-likeness (QED) is 0.761. The Hall–Kier alpha value is -1.30. The second-order valence-electron chi connectivity index (χ2n) is 3.95. The van der Waals surface area contributed by atoms with Crippen LogP contribution < -0.4 is 5.73 Å². The highest BCUT2D eigenvalue weighted by Crippen LogP contribution is 2.27. The van der Waals surface area contributed by atoms with Gasteiger partial charge in [0.25, 0.3) is 0 Å². The van der Waals surface area contributed by atoms with Gasteiger partial charge in [0, 0.05) is 5.02 Å². The van der Waals surface area contributed by atoms with E-state index >= 15 is 0 Å². The van der Waals surface area contributed by atoms with Crippen LogP contribution >= 0.6 is 11.6 Å². The number of nitrogens with one attached hydrogen (secondary N) is 1. The summed E-state index contributed by atoms with van der Waals surface area (Å²) in [5.74, 6) is 0.730. The Labute approximate surface area is 103 Å². The minimum atomic E-state index is -0.158. The second kappa shape index (κ2) is 4.18. The fourth-order valence-electron chi connectivity index (χ4n) is 1.92. The molecule has 1 fully saturated rings. The van der Waals surface area contributed by atoms with Gasteiger partial charge in [0.05, 0.1) is 31.0 Å². The Morgan fingerprint density at radius 3 is 3.06 bits per heavy atom. The lowest BCUT2D eigenvalue weighted by atomic mass is 10.3. The van der Waals surface area contributed by atoms with Gasteiger partial charge in [-0.25, -0.2) is 4.98 Å². The molecule has 3 rings (SSSR count). The first-order chi connectivity index (χ1) is 8.24. The van der Waals surface area contributed by atoms with Gasteiger partial charge >= 0.3 is 0 Å². The highest BCUT2D eigenvalue weighted by atomic mass is 35.5. The van der Waals surface area contributed by atoms with Crippen molar-refractivity contribution in [2.75, 3.05) is 25.6 Å². The van der Waals surface area contributed by atoms with Crippen molar-refractivity contribution in [3.8, 4) is 0 Å². The van der Waals surface area contributed by atoms with E-state index in [1.165, 1.54) is 0 Å². The highest BCUT2D eigenvalue weighted by Gasteiger charge is 2.20. The molecule has 2 aromatic rings. The van der Waals surface area contributed by atoms with E-state index < -0.39 is 0 Å². The van der Waals surface area contributed by atoms with Crippen molar-refractivity contribution in [3.05, 3.63) is 23.0 Å². The minimum absolute atomic E-state index is 0.158. The lowest BCUT2D eigenvalue weighted by Gasteiger charge is -2.20. The van der Waals surface area contributed by atoms with Gasteiger partial charge in [-0.05, 0) is 12.1 Å². The number of nitrogen functional groups attached to an aromatic ring is 1. The Morgan fingerprint density at radius 2 is 2.29 bits per heavy atom. The molecule has 1 atom stereocenters. The molecule has 1 aliphatic heterocycles. The zero-order valence-electron chi connectivity index (χ0n) is 9.07. The van der Waals surface area contributed by atoms with Crippen LogP contribution in [0.2, 0.25) is 5.02 Å². The van der Waals surface area contributed by atoms with Crippen LogP contribution in [0, 0.1) is 0 Å². The van der Waals surface area contributed by atoms with E-state index in [2.05, 4.69) is 9.97 Å². The molecular weight excluding hydrogens is 242 g/mol. The van der Waals surface area contributed by atoms with Gasteiger partial charge in [0.1, 0.15) is 17.4 Å². The van der Waals surface area contributed by atoms with Crippen molar-refractivity contribution in [2.24, 2.45) is 0 Å². The Morgan fingerprint density at radius 1 is 1.41 bits per heavy atom. The van der Waals surface area contributed by atoms with E-state index in [-0.39, 0.29) is 6.10 Å². The summed E-state index contributed by atoms with van der Waals surface area (Å²) in [6.07, 6.45) is -0.158. The number of imidazole rings is 1. The molecule has 0 bridgehead atoms. The summed E-state index contributed by atoms with van der Waals surface area (Å²) in [5.41, 5.74) is 7.96. The van der Waals surface area contributed by atoms with E-state index in [1.54, 1.807) is 12.1 Å². The molecule has 1 aliphatic rings. The fourth-order valence-corrected chi connectivity index (χ4v) is 2.15. The molecule has 0 aliphatic carbocycles. The van der Waals surface area contributed by atoms with Gasteiger partial charge < -0.3 is 20.2 Å². The number of benzene rings is 1. The standard InChI is InChI=1S/C11H12ClN3O2/c12-6-3-7(13)10-8(4-6)14-11(15-10)9-5-16-1-2-17-9/h3-4,9H,1-2,5,13H2,(H,14,15). The minimum Gasteiger partial charge on any atom is -0.397 e. The summed E-state index contributed by atoms with van der Waals surface area (Å²) in [6, 6.07) is 3.49. The molecule has 6 heteroatoms. The van der Waals surface area contributed by atoms with Gasteiger partial charge in [0.2, 0.25) is 0 Å². The molecule has 0 amide bonds. The Balaban J connectivity index is 2.03. The average molecular weight is 254 g/mol. The number of halogens is 1. The van der Waals surface area contributed by atoms with Crippen LogP contribution in [0.4, 0.5) is 5.69 Å². The third-order valence-corrected chi connectivity index (χ3v) is 2.94. The van der Waals surface area contributed by atoms with Gasteiger partial charge in [-0.15, -0.1) is 0 Å². The maximum atomic E-state index is 5.94. The van der Waals surface area contributed by atoms with Crippen molar-refractivity contribution >= 4 is 28.3 Å². The molecule has 90 valence electrons. The summed E-state index contributed by atoms with van der Waals surface area (Å²) in [7, 11) is 0. The van der Waals surface area contributed by atoms with Crippen molar-refractivity contribution in [1.82, 2.24) is 9.97 Å². The predicted molar refractivity (Wildman–Crippen MR) is 65.0 cm³/mol. The number of nitrogens with two attached hydrogens (primary N) is 1. The molecular formula is C11H12ClN3O2. The molecule has 1 unspecified atom stereocenters. The molecule has 5 nitrogen and oxygen atoms in total. The largest absolute Gasteiger partial charge is 0.397 e. The summed E-state index contributed by atoms with van der Waals surface area (Å²) in [6.45, 7) is 1.72. The molecule has 1 aromatic carbocycles. The van der Waals surface area contributed by atoms with Gasteiger partial charge in [-0.2, -0.15) is 0 Å². The lowest BCUT2D eigenvalue weighted by molar-refractivity contribution is -0.0931. The maximum Gasteiger partial charge on any atom is 0.139 e. The van der Waals surface area contributed by atoms with Gasteiger partial charge in [-0.1, -0.05) is 11.6 Å². The highest BCUT2D eigenvalue weighted by molar-refractivity contribution is 6.31. The fraction of sp³-hybridized carbons (Fsp3) is 0.364. The molecule has 0 radical (unpaired) electrons. The number of fused-ring (bicyclic) bond motifs is 1. The number of hydrogen-bond donors (Lipinski definition) is 2. The zero-order chi connectivity index (χ0) is 11.8. The summed E-state index contributed by atoms with van der Waals surface area (Å²) in [5, 5.41) is 0.589. The summed E-state index contributed by atoms with van der Waals surface area (Å²) < 4.78 is 10.9. The first-order valence-electron chi connectivity index (χ1n) is 5.38. The van der Waals surface area contributed by atoms with Crippen LogP contribution in [0.5, 0.6) is 0 Å². The second-order valence-corrected chi connectivity index (χ2v) is 4.38. The number of aromatic amines is 1. The molecule has 0 spiro atoms. The predicted octanol–water partition coefficient (Wildman–Crippen LogP) is 1.89. The summed E-state index contributed by atoms with van der Waals surface area (Å²) >= 11 is 5.94. The molecule has 3 N–H and O–H groups in total. The number of nitrogens with zero attached hydrogens (tertiary/aromatic N) is 1. The monoisotopic (exact) mass is 253 g/mol. The third-order valence-electron chi connectivity index (χ3n) is 2.72. The molecule has 17 heavy (non-hydrogen) atoms. The van der Waals surface area contributed by atoms with Gasteiger partial charge in [-0.3, -0.25) is 0 Å². The topological polar surface area (TPSA) is 73.2 Å². The van der Waals surface area contributed by atoms with Crippen LogP contribution in [0.15, 0.2) is 12.1 Å². The van der Waals surface area contributed by atoms with E-state index in [0.717, 1.165) is 16.9 Å². The number of ether oxygens (including phenoxy) is 2.